The number of nitrogens with zero attached hydrogens (tertiary/aromatic N) is 2. The summed E-state index contributed by atoms with van der Waals surface area (Å²) in [6.07, 6.45) is 4.29. The van der Waals surface area contributed by atoms with Crippen molar-refractivity contribution in [3.05, 3.63) is 56.8 Å². The number of carbonyl (C=O) groups is 1. The van der Waals surface area contributed by atoms with E-state index in [1.165, 1.54) is 0 Å². The average Bonchev–Trinajstić information content (AvgIpc) is 2.49. The molecular formula is C15H10BrClN2O2. The second-order valence-corrected chi connectivity index (χ2v) is 5.51. The number of rotatable bonds is 5. The molecule has 0 atom stereocenters. The molecule has 1 heterocycles. The second kappa shape index (κ2) is 7.21. The Hall–Kier alpha value is -1.90. The second-order valence-electron chi connectivity index (χ2n) is 4.25. The number of carbonyl (C=O) groups excluding carboxylic acids is 1. The minimum Gasteiger partial charge on any atom is -0.488 e. The Balaban J connectivity index is 2.16. The molecule has 1 aromatic carbocycles. The molecule has 0 unspecified atom stereocenters. The van der Waals surface area contributed by atoms with Crippen molar-refractivity contribution in [2.24, 2.45) is 0 Å². The third-order valence-corrected chi connectivity index (χ3v) is 3.91. The topological polar surface area (TPSA) is 63.0 Å². The van der Waals surface area contributed by atoms with Crippen LogP contribution in [0.25, 0.3) is 0 Å². The van der Waals surface area contributed by atoms with Gasteiger partial charge in [-0.1, -0.05) is 11.6 Å². The molecule has 0 saturated heterocycles. The predicted molar refractivity (Wildman–Crippen MR) is 82.4 cm³/mol. The SMILES string of the molecule is N#CCc1cncc(COc2cc(Br)c(Cl)cc2C=O)c1. The number of pyridine rings is 1. The molecule has 4 nitrogen and oxygen atoms in total. The van der Waals surface area contributed by atoms with E-state index in [0.29, 0.717) is 33.5 Å². The number of hydrogen-bond donors (Lipinski definition) is 0. The molecule has 0 bridgehead atoms. The maximum atomic E-state index is 11.0. The Morgan fingerprint density at radius 2 is 2.10 bits per heavy atom. The van der Waals surface area contributed by atoms with Gasteiger partial charge >= 0.3 is 0 Å². The van der Waals surface area contributed by atoms with E-state index in [0.717, 1.165) is 11.1 Å². The third-order valence-electron chi connectivity index (χ3n) is 2.71. The van der Waals surface area contributed by atoms with E-state index in [1.54, 1.807) is 24.5 Å². The van der Waals surface area contributed by atoms with E-state index < -0.39 is 0 Å². The fourth-order valence-electron chi connectivity index (χ4n) is 1.73. The van der Waals surface area contributed by atoms with Gasteiger partial charge in [0.25, 0.3) is 0 Å². The van der Waals surface area contributed by atoms with Crippen LogP contribution in [-0.2, 0) is 13.0 Å². The lowest BCUT2D eigenvalue weighted by atomic mass is 10.1. The van der Waals surface area contributed by atoms with Gasteiger partial charge in [0.15, 0.2) is 6.29 Å². The summed E-state index contributed by atoms with van der Waals surface area (Å²) in [6, 6.07) is 7.11. The molecule has 0 N–H and O–H groups in total. The van der Waals surface area contributed by atoms with E-state index in [9.17, 15) is 4.79 Å². The predicted octanol–water partition coefficient (Wildman–Crippen LogP) is 3.96. The van der Waals surface area contributed by atoms with Crippen LogP contribution in [0.4, 0.5) is 0 Å². The summed E-state index contributed by atoms with van der Waals surface area (Å²) in [7, 11) is 0. The quantitative estimate of drug-likeness (QED) is 0.753. The van der Waals surface area contributed by atoms with E-state index >= 15 is 0 Å². The van der Waals surface area contributed by atoms with E-state index in [4.69, 9.17) is 21.6 Å². The standard InChI is InChI=1S/C15H10BrClN2O2/c16-13-5-15(12(8-20)4-14(13)17)21-9-11-3-10(1-2-18)6-19-7-11/h3-8H,1,9H2. The van der Waals surface area contributed by atoms with Gasteiger partial charge in [-0.25, -0.2) is 0 Å². The van der Waals surface area contributed by atoms with Gasteiger partial charge in [0.1, 0.15) is 12.4 Å². The van der Waals surface area contributed by atoms with Crippen molar-refractivity contribution in [3.8, 4) is 11.8 Å². The van der Waals surface area contributed by atoms with Crippen LogP contribution >= 0.6 is 27.5 Å². The van der Waals surface area contributed by atoms with Crippen LogP contribution in [0.15, 0.2) is 35.1 Å². The van der Waals surface area contributed by atoms with Gasteiger partial charge in [0.2, 0.25) is 0 Å². The fraction of sp³-hybridized carbons (Fsp3) is 0.133. The molecule has 0 amide bonds. The van der Waals surface area contributed by atoms with Crippen LogP contribution in [0.1, 0.15) is 21.5 Å². The molecule has 0 aliphatic carbocycles. The first kappa shape index (κ1) is 15.5. The highest BCUT2D eigenvalue weighted by atomic mass is 79.9. The zero-order valence-corrected chi connectivity index (χ0v) is 13.2. The van der Waals surface area contributed by atoms with Crippen LogP contribution in [0.5, 0.6) is 5.75 Å². The molecular weight excluding hydrogens is 356 g/mol. The monoisotopic (exact) mass is 364 g/mol. The van der Waals surface area contributed by atoms with E-state index in [2.05, 4.69) is 27.0 Å². The highest BCUT2D eigenvalue weighted by molar-refractivity contribution is 9.10. The highest BCUT2D eigenvalue weighted by Gasteiger charge is 2.08. The van der Waals surface area contributed by atoms with Gasteiger partial charge in [-0.15, -0.1) is 0 Å². The van der Waals surface area contributed by atoms with Gasteiger partial charge in [-0.2, -0.15) is 5.26 Å². The van der Waals surface area contributed by atoms with Crippen LogP contribution < -0.4 is 4.74 Å². The zero-order valence-electron chi connectivity index (χ0n) is 10.8. The van der Waals surface area contributed by atoms with Gasteiger partial charge in [-0.3, -0.25) is 9.78 Å². The van der Waals surface area contributed by atoms with Crippen LogP contribution in [0, 0.1) is 11.3 Å². The molecule has 106 valence electrons. The van der Waals surface area contributed by atoms with Gasteiger partial charge in [0.05, 0.1) is 23.1 Å². The minimum atomic E-state index is 0.251. The Morgan fingerprint density at radius 1 is 1.33 bits per heavy atom. The van der Waals surface area contributed by atoms with Crippen LogP contribution in [0.3, 0.4) is 0 Å². The lowest BCUT2D eigenvalue weighted by Crippen LogP contribution is -2.00. The largest absolute Gasteiger partial charge is 0.488 e. The summed E-state index contributed by atoms with van der Waals surface area (Å²) in [4.78, 5) is 15.1. The van der Waals surface area contributed by atoms with Crippen molar-refractivity contribution in [2.75, 3.05) is 0 Å². The summed E-state index contributed by atoms with van der Waals surface area (Å²) < 4.78 is 6.29. The molecule has 2 aromatic rings. The summed E-state index contributed by atoms with van der Waals surface area (Å²) in [5.74, 6) is 0.437. The average molecular weight is 366 g/mol. The van der Waals surface area contributed by atoms with Crippen LogP contribution in [-0.4, -0.2) is 11.3 Å². The summed E-state index contributed by atoms with van der Waals surface area (Å²) in [5.41, 5.74) is 2.03. The Bertz CT molecular complexity index is 713. The molecule has 0 aliphatic heterocycles. The lowest BCUT2D eigenvalue weighted by molar-refractivity contribution is 0.111. The maximum absolute atomic E-state index is 11.0. The smallest absolute Gasteiger partial charge is 0.153 e. The van der Waals surface area contributed by atoms with Crippen LogP contribution in [0.2, 0.25) is 5.02 Å². The van der Waals surface area contributed by atoms with Crippen molar-refractivity contribution in [2.45, 2.75) is 13.0 Å². The molecule has 6 heteroatoms. The van der Waals surface area contributed by atoms with Crippen molar-refractivity contribution >= 4 is 33.8 Å². The van der Waals surface area contributed by atoms with Crippen molar-refractivity contribution in [1.82, 2.24) is 4.98 Å². The molecule has 1 aromatic heterocycles. The first-order valence-electron chi connectivity index (χ1n) is 6.01. The van der Waals surface area contributed by atoms with Gasteiger partial charge < -0.3 is 4.74 Å². The number of hydrogen-bond acceptors (Lipinski definition) is 4. The zero-order chi connectivity index (χ0) is 15.2. The molecule has 0 fully saturated rings. The molecule has 0 radical (unpaired) electrons. The Morgan fingerprint density at radius 3 is 2.81 bits per heavy atom. The molecule has 0 spiro atoms. The van der Waals surface area contributed by atoms with Crippen molar-refractivity contribution < 1.29 is 9.53 Å². The highest BCUT2D eigenvalue weighted by Crippen LogP contribution is 2.30. The van der Waals surface area contributed by atoms with E-state index in [-0.39, 0.29) is 6.61 Å². The van der Waals surface area contributed by atoms with E-state index in [1.807, 2.05) is 6.07 Å². The van der Waals surface area contributed by atoms with Gasteiger partial charge in [0, 0.05) is 22.4 Å². The van der Waals surface area contributed by atoms with Crippen molar-refractivity contribution in [1.29, 1.82) is 5.26 Å². The normalized spacial score (nSPS) is 9.95. The third kappa shape index (κ3) is 4.03. The Labute approximate surface area is 135 Å². The first-order chi connectivity index (χ1) is 10.1. The minimum absolute atomic E-state index is 0.251. The summed E-state index contributed by atoms with van der Waals surface area (Å²) in [5, 5.41) is 9.12. The fourth-order valence-corrected chi connectivity index (χ4v) is 2.22. The maximum Gasteiger partial charge on any atom is 0.153 e. The first-order valence-corrected chi connectivity index (χ1v) is 7.18. The van der Waals surface area contributed by atoms with Crippen molar-refractivity contribution in [3.63, 3.8) is 0 Å². The number of ether oxygens (including phenoxy) is 1. The summed E-state index contributed by atoms with van der Waals surface area (Å²) in [6.45, 7) is 0.251. The number of aromatic nitrogens is 1. The molecule has 0 saturated carbocycles. The lowest BCUT2D eigenvalue weighted by Gasteiger charge is -2.10. The van der Waals surface area contributed by atoms with Gasteiger partial charge in [-0.05, 0) is 39.7 Å². The molecule has 2 rings (SSSR count). The summed E-state index contributed by atoms with van der Waals surface area (Å²) >= 11 is 9.23. The molecule has 21 heavy (non-hydrogen) atoms. The number of halogens is 2. The number of nitriles is 1. The number of benzene rings is 1. The Kier molecular flexibility index (Phi) is 5.32. The number of aldehydes is 1. The molecule has 0 aliphatic rings.